The van der Waals surface area contributed by atoms with Crippen LogP contribution in [0, 0.1) is 5.82 Å². The molecule has 0 radical (unpaired) electrons. The average Bonchev–Trinajstić information content (AvgIpc) is 2.86. The third kappa shape index (κ3) is 2.95. The van der Waals surface area contributed by atoms with E-state index in [1.807, 2.05) is 22.9 Å². The van der Waals surface area contributed by atoms with Gasteiger partial charge >= 0.3 is 0 Å². The number of aromatic nitrogens is 2. The van der Waals surface area contributed by atoms with Crippen molar-refractivity contribution in [2.24, 2.45) is 0 Å². The van der Waals surface area contributed by atoms with E-state index in [1.165, 1.54) is 11.5 Å². The van der Waals surface area contributed by atoms with Crippen molar-refractivity contribution >= 4 is 10.9 Å². The summed E-state index contributed by atoms with van der Waals surface area (Å²) >= 11 is 0. The van der Waals surface area contributed by atoms with Crippen LogP contribution in [0.25, 0.3) is 10.9 Å². The quantitative estimate of drug-likeness (QED) is 0.777. The minimum absolute atomic E-state index is 0.199. The lowest BCUT2D eigenvalue weighted by molar-refractivity contribution is 0.614. The molecule has 0 aliphatic rings. The van der Waals surface area contributed by atoms with Gasteiger partial charge in [-0.15, -0.1) is 0 Å². The van der Waals surface area contributed by atoms with E-state index in [1.54, 1.807) is 12.1 Å². The molecule has 0 atom stereocenters. The van der Waals surface area contributed by atoms with Gasteiger partial charge in [0, 0.05) is 25.0 Å². The summed E-state index contributed by atoms with van der Waals surface area (Å²) in [6, 6.07) is 14.9. The summed E-state index contributed by atoms with van der Waals surface area (Å²) in [7, 11) is 0. The molecule has 0 aliphatic carbocycles. The Balaban J connectivity index is 1.73. The Kier molecular flexibility index (Phi) is 3.97. The summed E-state index contributed by atoms with van der Waals surface area (Å²) in [4.78, 5) is 0. The largest absolute Gasteiger partial charge is 0.307 e. The van der Waals surface area contributed by atoms with E-state index in [0.717, 1.165) is 23.3 Å². The van der Waals surface area contributed by atoms with Gasteiger partial charge in [-0.05, 0) is 30.7 Å². The van der Waals surface area contributed by atoms with Gasteiger partial charge in [0.2, 0.25) is 0 Å². The first-order chi connectivity index (χ1) is 10.3. The predicted octanol–water partition coefficient (Wildman–Crippen LogP) is 3.49. The highest BCUT2D eigenvalue weighted by Gasteiger charge is 2.08. The lowest BCUT2D eigenvalue weighted by Gasteiger charge is -2.03. The monoisotopic (exact) mass is 283 g/mol. The highest BCUT2D eigenvalue weighted by molar-refractivity contribution is 5.81. The van der Waals surface area contributed by atoms with E-state index in [0.29, 0.717) is 13.1 Å². The van der Waals surface area contributed by atoms with Crippen LogP contribution < -0.4 is 5.32 Å². The molecule has 0 saturated heterocycles. The normalized spacial score (nSPS) is 11.1. The minimum atomic E-state index is -0.199. The summed E-state index contributed by atoms with van der Waals surface area (Å²) in [5, 5.41) is 9.14. The van der Waals surface area contributed by atoms with Crippen LogP contribution in [0.3, 0.4) is 0 Å². The second-order valence-electron chi connectivity index (χ2n) is 5.01. The molecule has 21 heavy (non-hydrogen) atoms. The van der Waals surface area contributed by atoms with Crippen LogP contribution in [0.2, 0.25) is 0 Å². The van der Waals surface area contributed by atoms with Crippen molar-refractivity contribution in [2.45, 2.75) is 26.6 Å². The molecule has 3 aromatic rings. The molecular weight excluding hydrogens is 265 g/mol. The average molecular weight is 283 g/mol. The zero-order chi connectivity index (χ0) is 14.7. The van der Waals surface area contributed by atoms with Crippen molar-refractivity contribution < 1.29 is 4.39 Å². The van der Waals surface area contributed by atoms with Crippen molar-refractivity contribution in [3.05, 3.63) is 65.6 Å². The van der Waals surface area contributed by atoms with Crippen LogP contribution in [0.5, 0.6) is 0 Å². The van der Waals surface area contributed by atoms with Gasteiger partial charge in [0.25, 0.3) is 0 Å². The zero-order valence-corrected chi connectivity index (χ0v) is 12.0. The van der Waals surface area contributed by atoms with E-state index in [9.17, 15) is 4.39 Å². The topological polar surface area (TPSA) is 29.9 Å². The minimum Gasteiger partial charge on any atom is -0.307 e. The maximum Gasteiger partial charge on any atom is 0.123 e. The zero-order valence-electron chi connectivity index (χ0n) is 12.0. The SMILES string of the molecule is CCn1nc(CNCc2cccc(F)c2)c2ccccc21. The summed E-state index contributed by atoms with van der Waals surface area (Å²) < 4.78 is 15.1. The van der Waals surface area contributed by atoms with E-state index in [-0.39, 0.29) is 5.82 Å². The maximum atomic E-state index is 13.1. The van der Waals surface area contributed by atoms with Crippen molar-refractivity contribution in [3.63, 3.8) is 0 Å². The Morgan fingerprint density at radius 2 is 1.95 bits per heavy atom. The second-order valence-corrected chi connectivity index (χ2v) is 5.01. The van der Waals surface area contributed by atoms with Gasteiger partial charge in [0.1, 0.15) is 5.82 Å². The van der Waals surface area contributed by atoms with Crippen molar-refractivity contribution in [2.75, 3.05) is 0 Å². The van der Waals surface area contributed by atoms with Gasteiger partial charge in [-0.2, -0.15) is 5.10 Å². The molecule has 1 aromatic heterocycles. The van der Waals surface area contributed by atoms with E-state index in [2.05, 4.69) is 29.5 Å². The molecule has 0 fully saturated rings. The summed E-state index contributed by atoms with van der Waals surface area (Å²) in [6.45, 7) is 4.24. The number of para-hydroxylation sites is 1. The number of hydrogen-bond donors (Lipinski definition) is 1. The smallest absolute Gasteiger partial charge is 0.123 e. The van der Waals surface area contributed by atoms with E-state index < -0.39 is 0 Å². The Morgan fingerprint density at radius 1 is 1.10 bits per heavy atom. The lowest BCUT2D eigenvalue weighted by Crippen LogP contribution is -2.13. The Hall–Kier alpha value is -2.20. The van der Waals surface area contributed by atoms with E-state index in [4.69, 9.17) is 0 Å². The van der Waals surface area contributed by atoms with Crippen molar-refractivity contribution in [1.29, 1.82) is 0 Å². The summed E-state index contributed by atoms with van der Waals surface area (Å²) in [5.74, 6) is -0.199. The van der Waals surface area contributed by atoms with E-state index >= 15 is 0 Å². The summed E-state index contributed by atoms with van der Waals surface area (Å²) in [6.07, 6.45) is 0. The van der Waals surface area contributed by atoms with Crippen LogP contribution in [-0.4, -0.2) is 9.78 Å². The van der Waals surface area contributed by atoms with Gasteiger partial charge in [-0.1, -0.05) is 30.3 Å². The lowest BCUT2D eigenvalue weighted by atomic mass is 10.2. The molecule has 0 spiro atoms. The number of benzene rings is 2. The maximum absolute atomic E-state index is 13.1. The Morgan fingerprint density at radius 3 is 2.76 bits per heavy atom. The number of fused-ring (bicyclic) bond motifs is 1. The van der Waals surface area contributed by atoms with Gasteiger partial charge in [0.05, 0.1) is 11.2 Å². The molecule has 2 aromatic carbocycles. The molecule has 3 nitrogen and oxygen atoms in total. The molecule has 0 amide bonds. The van der Waals surface area contributed by atoms with Gasteiger partial charge < -0.3 is 5.32 Å². The molecular formula is C17H18FN3. The fourth-order valence-corrected chi connectivity index (χ4v) is 2.54. The van der Waals surface area contributed by atoms with Crippen LogP contribution in [-0.2, 0) is 19.6 Å². The standard InChI is InChI=1S/C17H18FN3/c1-2-21-17-9-4-3-8-15(17)16(20-21)12-19-11-13-6-5-7-14(18)10-13/h3-10,19H,2,11-12H2,1H3. The predicted molar refractivity (Wildman–Crippen MR) is 82.4 cm³/mol. The number of nitrogens with one attached hydrogen (secondary N) is 1. The second kappa shape index (κ2) is 6.06. The molecule has 0 aliphatic heterocycles. The molecule has 108 valence electrons. The van der Waals surface area contributed by atoms with Crippen LogP contribution in [0.15, 0.2) is 48.5 Å². The molecule has 3 rings (SSSR count). The third-order valence-corrected chi connectivity index (χ3v) is 3.54. The number of rotatable bonds is 5. The molecule has 1 N–H and O–H groups in total. The Bertz CT molecular complexity index is 749. The highest BCUT2D eigenvalue weighted by Crippen LogP contribution is 2.18. The third-order valence-electron chi connectivity index (χ3n) is 3.54. The first kappa shape index (κ1) is 13.8. The summed E-state index contributed by atoms with van der Waals surface area (Å²) in [5.41, 5.74) is 3.13. The first-order valence-corrected chi connectivity index (χ1v) is 7.17. The molecule has 4 heteroatoms. The van der Waals surface area contributed by atoms with Crippen molar-refractivity contribution in [3.8, 4) is 0 Å². The van der Waals surface area contributed by atoms with Crippen molar-refractivity contribution in [1.82, 2.24) is 15.1 Å². The van der Waals surface area contributed by atoms with Crippen LogP contribution >= 0.6 is 0 Å². The fourth-order valence-electron chi connectivity index (χ4n) is 2.54. The highest BCUT2D eigenvalue weighted by atomic mass is 19.1. The van der Waals surface area contributed by atoms with Gasteiger partial charge in [-0.25, -0.2) is 4.39 Å². The molecule has 0 unspecified atom stereocenters. The number of halogens is 1. The molecule has 1 heterocycles. The van der Waals surface area contributed by atoms with Crippen LogP contribution in [0.4, 0.5) is 4.39 Å². The number of nitrogens with zero attached hydrogens (tertiary/aromatic N) is 2. The van der Waals surface area contributed by atoms with Crippen LogP contribution in [0.1, 0.15) is 18.2 Å². The number of hydrogen-bond acceptors (Lipinski definition) is 2. The number of aryl methyl sites for hydroxylation is 1. The first-order valence-electron chi connectivity index (χ1n) is 7.17. The van der Waals surface area contributed by atoms with Gasteiger partial charge in [0.15, 0.2) is 0 Å². The molecule has 0 bridgehead atoms. The molecule has 0 saturated carbocycles. The fraction of sp³-hybridized carbons (Fsp3) is 0.235. The van der Waals surface area contributed by atoms with Gasteiger partial charge in [-0.3, -0.25) is 4.68 Å². The Labute approximate surface area is 123 Å².